The summed E-state index contributed by atoms with van der Waals surface area (Å²) in [7, 11) is 0. The van der Waals surface area contributed by atoms with Crippen LogP contribution in [0.25, 0.3) is 0 Å². The maximum atomic E-state index is 10.6. The van der Waals surface area contributed by atoms with E-state index in [1.807, 2.05) is 0 Å². The van der Waals surface area contributed by atoms with Gasteiger partial charge in [-0.05, 0) is 25.8 Å². The van der Waals surface area contributed by atoms with Crippen molar-refractivity contribution in [1.29, 1.82) is 0 Å². The van der Waals surface area contributed by atoms with Crippen molar-refractivity contribution in [2.24, 2.45) is 0 Å². The van der Waals surface area contributed by atoms with Crippen LogP contribution >= 0.6 is 11.3 Å². The number of aliphatic carboxylic acids is 1. The van der Waals surface area contributed by atoms with Crippen molar-refractivity contribution in [2.45, 2.75) is 38.5 Å². The van der Waals surface area contributed by atoms with Gasteiger partial charge in [-0.1, -0.05) is 6.92 Å². The molecule has 0 spiro atoms. The van der Waals surface area contributed by atoms with Crippen molar-refractivity contribution < 1.29 is 9.90 Å². The summed E-state index contributed by atoms with van der Waals surface area (Å²) in [6.07, 6.45) is 3.56. The standard InChI is InChI=1S/C13H20N2O2S/c1-2-11-9-18-13(14-11)10-4-3-6-15(8-10)7-5-12(16)17/h9-10H,2-8H2,1H3,(H,16,17)/t10-/m0/s1. The minimum atomic E-state index is -0.709. The second kappa shape index (κ2) is 6.29. The molecule has 0 amide bonds. The molecule has 0 unspecified atom stereocenters. The first-order valence-electron chi connectivity index (χ1n) is 6.57. The van der Waals surface area contributed by atoms with Crippen LogP contribution < -0.4 is 0 Å². The maximum Gasteiger partial charge on any atom is 0.304 e. The van der Waals surface area contributed by atoms with E-state index in [1.165, 1.54) is 17.1 Å². The average molecular weight is 268 g/mol. The van der Waals surface area contributed by atoms with Crippen LogP contribution in [0.15, 0.2) is 5.38 Å². The van der Waals surface area contributed by atoms with Crippen LogP contribution in [-0.2, 0) is 11.2 Å². The lowest BCUT2D eigenvalue weighted by Crippen LogP contribution is -2.35. The Morgan fingerprint density at radius 2 is 2.50 bits per heavy atom. The van der Waals surface area contributed by atoms with Gasteiger partial charge in [-0.25, -0.2) is 4.98 Å². The quantitative estimate of drug-likeness (QED) is 0.890. The number of nitrogens with zero attached hydrogens (tertiary/aromatic N) is 2. The second-order valence-electron chi connectivity index (χ2n) is 4.81. The molecule has 1 saturated heterocycles. The molecule has 2 heterocycles. The Hall–Kier alpha value is -0.940. The number of carbonyl (C=O) groups is 1. The lowest BCUT2D eigenvalue weighted by molar-refractivity contribution is -0.137. The van der Waals surface area contributed by atoms with Crippen molar-refractivity contribution in [1.82, 2.24) is 9.88 Å². The van der Waals surface area contributed by atoms with Crippen LogP contribution in [0.1, 0.15) is 42.8 Å². The highest BCUT2D eigenvalue weighted by Crippen LogP contribution is 2.29. The molecule has 5 heteroatoms. The van der Waals surface area contributed by atoms with Gasteiger partial charge in [-0.3, -0.25) is 4.79 Å². The van der Waals surface area contributed by atoms with Crippen molar-refractivity contribution in [3.63, 3.8) is 0 Å². The van der Waals surface area contributed by atoms with E-state index in [0.717, 1.165) is 25.9 Å². The molecule has 0 aliphatic carbocycles. The smallest absolute Gasteiger partial charge is 0.304 e. The fraction of sp³-hybridized carbons (Fsp3) is 0.692. The van der Waals surface area contributed by atoms with Crippen LogP contribution in [0.5, 0.6) is 0 Å². The van der Waals surface area contributed by atoms with Gasteiger partial charge >= 0.3 is 5.97 Å². The number of aromatic nitrogens is 1. The summed E-state index contributed by atoms with van der Waals surface area (Å²) in [5.74, 6) is -0.211. The van der Waals surface area contributed by atoms with E-state index in [1.54, 1.807) is 11.3 Å². The van der Waals surface area contributed by atoms with Gasteiger partial charge < -0.3 is 10.0 Å². The Kier molecular flexibility index (Phi) is 4.72. The lowest BCUT2D eigenvalue weighted by atomic mass is 9.98. The molecule has 18 heavy (non-hydrogen) atoms. The topological polar surface area (TPSA) is 53.4 Å². The molecule has 1 aliphatic heterocycles. The van der Waals surface area contributed by atoms with E-state index >= 15 is 0 Å². The SMILES string of the molecule is CCc1csc([C@H]2CCCN(CCC(=O)O)C2)n1. The molecular weight excluding hydrogens is 248 g/mol. The highest BCUT2D eigenvalue weighted by molar-refractivity contribution is 7.09. The van der Waals surface area contributed by atoms with Crippen LogP contribution in [-0.4, -0.2) is 40.6 Å². The van der Waals surface area contributed by atoms with E-state index in [2.05, 4.69) is 22.2 Å². The number of carboxylic acid groups (broad SMARTS) is 1. The molecule has 0 radical (unpaired) electrons. The van der Waals surface area contributed by atoms with Gasteiger partial charge in [-0.2, -0.15) is 0 Å². The molecule has 100 valence electrons. The number of carboxylic acids is 1. The van der Waals surface area contributed by atoms with E-state index in [-0.39, 0.29) is 6.42 Å². The van der Waals surface area contributed by atoms with Gasteiger partial charge in [0.1, 0.15) is 0 Å². The average Bonchev–Trinajstić information content (AvgIpc) is 2.85. The zero-order valence-corrected chi connectivity index (χ0v) is 11.6. The van der Waals surface area contributed by atoms with Gasteiger partial charge in [-0.15, -0.1) is 11.3 Å². The Morgan fingerprint density at radius 1 is 1.67 bits per heavy atom. The second-order valence-corrected chi connectivity index (χ2v) is 5.70. The fourth-order valence-corrected chi connectivity index (χ4v) is 3.42. The molecule has 1 aliphatic rings. The molecule has 1 fully saturated rings. The maximum absolute atomic E-state index is 10.6. The normalized spacial score (nSPS) is 21.1. The Balaban J connectivity index is 1.91. The third kappa shape index (κ3) is 3.53. The van der Waals surface area contributed by atoms with Gasteiger partial charge in [0.15, 0.2) is 0 Å². The molecule has 1 atom stereocenters. The van der Waals surface area contributed by atoms with Crippen LogP contribution in [0, 0.1) is 0 Å². The van der Waals surface area contributed by atoms with Gasteiger partial charge in [0, 0.05) is 24.4 Å². The first-order valence-corrected chi connectivity index (χ1v) is 7.45. The minimum Gasteiger partial charge on any atom is -0.481 e. The lowest BCUT2D eigenvalue weighted by Gasteiger charge is -2.31. The summed E-state index contributed by atoms with van der Waals surface area (Å²) >= 11 is 1.75. The van der Waals surface area contributed by atoms with Crippen molar-refractivity contribution in [3.05, 3.63) is 16.1 Å². The molecule has 4 nitrogen and oxygen atoms in total. The van der Waals surface area contributed by atoms with Crippen molar-refractivity contribution >= 4 is 17.3 Å². The Labute approximate surface area is 112 Å². The third-order valence-corrected chi connectivity index (χ3v) is 4.48. The number of likely N-dealkylation sites (tertiary alicyclic amines) is 1. The molecule has 1 aromatic heterocycles. The predicted molar refractivity (Wildman–Crippen MR) is 72.2 cm³/mol. The molecule has 1 N–H and O–H groups in total. The van der Waals surface area contributed by atoms with E-state index in [0.29, 0.717) is 12.5 Å². The Bertz CT molecular complexity index is 405. The number of aryl methyl sites for hydroxylation is 1. The van der Waals surface area contributed by atoms with Gasteiger partial charge in [0.05, 0.1) is 17.1 Å². The van der Waals surface area contributed by atoms with E-state index in [9.17, 15) is 4.79 Å². The molecule has 0 saturated carbocycles. The third-order valence-electron chi connectivity index (χ3n) is 3.43. The number of rotatable bonds is 5. The summed E-state index contributed by atoms with van der Waals surface area (Å²) in [6.45, 7) is 4.77. The largest absolute Gasteiger partial charge is 0.481 e. The minimum absolute atomic E-state index is 0.241. The number of piperidine rings is 1. The van der Waals surface area contributed by atoms with Crippen molar-refractivity contribution in [2.75, 3.05) is 19.6 Å². The summed E-state index contributed by atoms with van der Waals surface area (Å²) in [4.78, 5) is 17.5. The number of thiazole rings is 1. The number of hydrogen-bond acceptors (Lipinski definition) is 4. The molecule has 0 bridgehead atoms. The van der Waals surface area contributed by atoms with Gasteiger partial charge in [0.25, 0.3) is 0 Å². The van der Waals surface area contributed by atoms with E-state index < -0.39 is 5.97 Å². The van der Waals surface area contributed by atoms with Crippen molar-refractivity contribution in [3.8, 4) is 0 Å². The Morgan fingerprint density at radius 3 is 3.17 bits per heavy atom. The van der Waals surface area contributed by atoms with Crippen LogP contribution in [0.3, 0.4) is 0 Å². The van der Waals surface area contributed by atoms with Crippen LogP contribution in [0.2, 0.25) is 0 Å². The first-order chi connectivity index (χ1) is 8.69. The molecule has 1 aromatic rings. The summed E-state index contributed by atoms with van der Waals surface area (Å²) in [6, 6.07) is 0. The monoisotopic (exact) mass is 268 g/mol. The summed E-state index contributed by atoms with van der Waals surface area (Å²) in [5, 5.41) is 12.1. The fourth-order valence-electron chi connectivity index (χ4n) is 2.39. The van der Waals surface area contributed by atoms with Gasteiger partial charge in [0.2, 0.25) is 0 Å². The summed E-state index contributed by atoms with van der Waals surface area (Å²) < 4.78 is 0. The highest BCUT2D eigenvalue weighted by atomic mass is 32.1. The zero-order valence-electron chi connectivity index (χ0n) is 10.8. The first kappa shape index (κ1) is 13.5. The molecule has 2 rings (SSSR count). The summed E-state index contributed by atoms with van der Waals surface area (Å²) in [5.41, 5.74) is 1.18. The number of hydrogen-bond donors (Lipinski definition) is 1. The molecular formula is C13H20N2O2S. The zero-order chi connectivity index (χ0) is 13.0. The van der Waals surface area contributed by atoms with E-state index in [4.69, 9.17) is 5.11 Å². The molecule has 0 aromatic carbocycles. The predicted octanol–water partition coefficient (Wildman–Crippen LogP) is 2.36. The van der Waals surface area contributed by atoms with Crippen LogP contribution in [0.4, 0.5) is 0 Å². The highest BCUT2D eigenvalue weighted by Gasteiger charge is 2.23.